The van der Waals surface area contributed by atoms with Crippen molar-refractivity contribution < 1.29 is 22.7 Å². The van der Waals surface area contributed by atoms with Crippen molar-refractivity contribution in [3.8, 4) is 11.5 Å². The second-order valence-electron chi connectivity index (χ2n) is 6.24. The van der Waals surface area contributed by atoms with Crippen LogP contribution in [0, 0.1) is 0 Å². The van der Waals surface area contributed by atoms with Gasteiger partial charge in [0.2, 0.25) is 10.0 Å². The van der Waals surface area contributed by atoms with E-state index in [1.165, 1.54) is 18.5 Å². The zero-order valence-corrected chi connectivity index (χ0v) is 16.6. The second kappa shape index (κ2) is 8.49. The molecule has 8 nitrogen and oxygen atoms in total. The predicted octanol–water partition coefficient (Wildman–Crippen LogP) is 2.24. The first-order chi connectivity index (χ1) is 13.4. The van der Waals surface area contributed by atoms with Gasteiger partial charge in [0.15, 0.2) is 0 Å². The average molecular weight is 405 g/mol. The van der Waals surface area contributed by atoms with Gasteiger partial charge in [-0.2, -0.15) is 4.31 Å². The van der Waals surface area contributed by atoms with Crippen molar-refractivity contribution in [2.24, 2.45) is 0 Å². The Morgan fingerprint density at radius 1 is 0.929 bits per heavy atom. The first-order valence-electron chi connectivity index (χ1n) is 8.78. The van der Waals surface area contributed by atoms with Gasteiger partial charge in [0, 0.05) is 50.1 Å². The van der Waals surface area contributed by atoms with Crippen LogP contribution in [0.5, 0.6) is 11.5 Å². The number of nitrogens with one attached hydrogen (secondary N) is 1. The van der Waals surface area contributed by atoms with Gasteiger partial charge in [-0.25, -0.2) is 13.2 Å². The number of ether oxygens (including phenoxy) is 2. The molecule has 1 aliphatic heterocycles. The van der Waals surface area contributed by atoms with Gasteiger partial charge < -0.3 is 19.7 Å². The minimum Gasteiger partial charge on any atom is -0.497 e. The number of anilines is 1. The van der Waals surface area contributed by atoms with E-state index in [0.29, 0.717) is 30.3 Å². The SMILES string of the molecule is COc1cc(NC(=O)N2CCN(S(=O)(=O)c3ccccc3)CC2)cc(OC)c1. The Morgan fingerprint density at radius 3 is 2.04 bits per heavy atom. The topological polar surface area (TPSA) is 88.2 Å². The summed E-state index contributed by atoms with van der Waals surface area (Å²) in [7, 11) is -0.477. The summed E-state index contributed by atoms with van der Waals surface area (Å²) in [5.74, 6) is 1.13. The molecule has 9 heteroatoms. The fraction of sp³-hybridized carbons (Fsp3) is 0.316. The minimum absolute atomic E-state index is 0.242. The smallest absolute Gasteiger partial charge is 0.321 e. The van der Waals surface area contributed by atoms with Gasteiger partial charge in [0.1, 0.15) is 11.5 Å². The molecule has 150 valence electrons. The molecular formula is C19H23N3O5S. The molecule has 2 amide bonds. The first kappa shape index (κ1) is 20.0. The summed E-state index contributed by atoms with van der Waals surface area (Å²) in [6.45, 7) is 1.09. The van der Waals surface area contributed by atoms with Crippen LogP contribution in [-0.2, 0) is 10.0 Å². The summed E-state index contributed by atoms with van der Waals surface area (Å²) in [6.07, 6.45) is 0. The number of sulfonamides is 1. The molecule has 0 bridgehead atoms. The molecule has 1 heterocycles. The van der Waals surface area contributed by atoms with E-state index in [1.807, 2.05) is 0 Å². The van der Waals surface area contributed by atoms with E-state index in [9.17, 15) is 13.2 Å². The van der Waals surface area contributed by atoms with E-state index in [0.717, 1.165) is 0 Å². The third kappa shape index (κ3) is 4.37. The molecule has 0 radical (unpaired) electrons. The maximum atomic E-state index is 12.7. The molecule has 1 saturated heterocycles. The normalized spacial score (nSPS) is 15.1. The summed E-state index contributed by atoms with van der Waals surface area (Å²) < 4.78 is 37.2. The van der Waals surface area contributed by atoms with Crippen LogP contribution < -0.4 is 14.8 Å². The summed E-state index contributed by atoms with van der Waals surface area (Å²) in [5, 5.41) is 2.81. The third-order valence-electron chi connectivity index (χ3n) is 4.51. The summed E-state index contributed by atoms with van der Waals surface area (Å²) in [6, 6.07) is 13.1. The Balaban J connectivity index is 1.63. The third-order valence-corrected chi connectivity index (χ3v) is 6.42. The maximum absolute atomic E-state index is 12.7. The number of piperazine rings is 1. The van der Waals surface area contributed by atoms with Crippen LogP contribution in [0.25, 0.3) is 0 Å². The molecule has 0 spiro atoms. The number of methoxy groups -OCH3 is 2. The van der Waals surface area contributed by atoms with Gasteiger partial charge in [-0.3, -0.25) is 0 Å². The molecule has 1 fully saturated rings. The van der Waals surface area contributed by atoms with Crippen molar-refractivity contribution in [3.63, 3.8) is 0 Å². The number of carbonyl (C=O) groups is 1. The largest absolute Gasteiger partial charge is 0.497 e. The molecule has 2 aromatic carbocycles. The zero-order valence-electron chi connectivity index (χ0n) is 15.8. The Hall–Kier alpha value is -2.78. The molecule has 0 atom stereocenters. The number of rotatable bonds is 5. The van der Waals surface area contributed by atoms with Crippen LogP contribution in [-0.4, -0.2) is 64.1 Å². The van der Waals surface area contributed by atoms with E-state index in [1.54, 1.807) is 53.4 Å². The highest BCUT2D eigenvalue weighted by Gasteiger charge is 2.30. The van der Waals surface area contributed by atoms with Gasteiger partial charge >= 0.3 is 6.03 Å². The van der Waals surface area contributed by atoms with E-state index in [2.05, 4.69) is 5.32 Å². The fourth-order valence-electron chi connectivity index (χ4n) is 2.96. The summed E-state index contributed by atoms with van der Waals surface area (Å²) in [5.41, 5.74) is 0.542. The lowest BCUT2D eigenvalue weighted by molar-refractivity contribution is 0.184. The standard InChI is InChI=1S/C19H23N3O5S/c1-26-16-12-15(13-17(14-16)27-2)20-19(23)21-8-10-22(11-9-21)28(24,25)18-6-4-3-5-7-18/h3-7,12-14H,8-11H2,1-2H3,(H,20,23). The molecule has 3 rings (SSSR count). The molecular weight excluding hydrogens is 382 g/mol. The molecule has 2 aromatic rings. The number of urea groups is 1. The molecule has 0 aromatic heterocycles. The lowest BCUT2D eigenvalue weighted by Crippen LogP contribution is -2.51. The molecule has 28 heavy (non-hydrogen) atoms. The highest BCUT2D eigenvalue weighted by molar-refractivity contribution is 7.89. The van der Waals surface area contributed by atoms with Gasteiger partial charge in [-0.15, -0.1) is 0 Å². The van der Waals surface area contributed by atoms with Crippen molar-refractivity contribution in [1.29, 1.82) is 0 Å². The average Bonchev–Trinajstić information content (AvgIpc) is 2.74. The minimum atomic E-state index is -3.55. The molecule has 0 aliphatic carbocycles. The van der Waals surface area contributed by atoms with E-state index in [4.69, 9.17) is 9.47 Å². The predicted molar refractivity (Wildman–Crippen MR) is 105 cm³/mol. The van der Waals surface area contributed by atoms with Crippen LogP contribution >= 0.6 is 0 Å². The van der Waals surface area contributed by atoms with Crippen molar-refractivity contribution >= 4 is 21.7 Å². The Morgan fingerprint density at radius 2 is 1.50 bits per heavy atom. The summed E-state index contributed by atoms with van der Waals surface area (Å²) in [4.78, 5) is 14.4. The monoisotopic (exact) mass is 405 g/mol. The number of amides is 2. The highest BCUT2D eigenvalue weighted by Crippen LogP contribution is 2.26. The summed E-state index contributed by atoms with van der Waals surface area (Å²) >= 11 is 0. The molecule has 0 saturated carbocycles. The Bertz CT molecular complexity index is 904. The highest BCUT2D eigenvalue weighted by atomic mass is 32.2. The fourth-order valence-corrected chi connectivity index (χ4v) is 4.40. The van der Waals surface area contributed by atoms with Crippen LogP contribution in [0.2, 0.25) is 0 Å². The van der Waals surface area contributed by atoms with Gasteiger partial charge in [-0.1, -0.05) is 18.2 Å². The van der Waals surface area contributed by atoms with Crippen molar-refractivity contribution in [3.05, 3.63) is 48.5 Å². The van der Waals surface area contributed by atoms with Crippen molar-refractivity contribution in [1.82, 2.24) is 9.21 Å². The molecule has 0 unspecified atom stereocenters. The quantitative estimate of drug-likeness (QED) is 0.824. The molecule has 1 aliphatic rings. The van der Waals surface area contributed by atoms with Crippen LogP contribution in [0.4, 0.5) is 10.5 Å². The zero-order chi connectivity index (χ0) is 20.1. The number of hydrogen-bond acceptors (Lipinski definition) is 5. The van der Waals surface area contributed by atoms with E-state index >= 15 is 0 Å². The molecule has 1 N–H and O–H groups in total. The number of benzene rings is 2. The maximum Gasteiger partial charge on any atom is 0.321 e. The van der Waals surface area contributed by atoms with Gasteiger partial charge in [0.05, 0.1) is 19.1 Å². The number of carbonyl (C=O) groups excluding carboxylic acids is 1. The van der Waals surface area contributed by atoms with Crippen LogP contribution in [0.15, 0.2) is 53.4 Å². The second-order valence-corrected chi connectivity index (χ2v) is 8.17. The van der Waals surface area contributed by atoms with Gasteiger partial charge in [0.25, 0.3) is 0 Å². The number of nitrogens with zero attached hydrogens (tertiary/aromatic N) is 2. The van der Waals surface area contributed by atoms with Crippen molar-refractivity contribution in [2.75, 3.05) is 45.7 Å². The van der Waals surface area contributed by atoms with Crippen LogP contribution in [0.1, 0.15) is 0 Å². The van der Waals surface area contributed by atoms with E-state index < -0.39 is 10.0 Å². The lowest BCUT2D eigenvalue weighted by Gasteiger charge is -2.34. The Kier molecular flexibility index (Phi) is 6.05. The Labute approximate surface area is 164 Å². The van der Waals surface area contributed by atoms with Crippen molar-refractivity contribution in [2.45, 2.75) is 4.90 Å². The number of hydrogen-bond donors (Lipinski definition) is 1. The first-order valence-corrected chi connectivity index (χ1v) is 10.2. The lowest BCUT2D eigenvalue weighted by atomic mass is 10.2. The van der Waals surface area contributed by atoms with Gasteiger partial charge in [-0.05, 0) is 12.1 Å². The van der Waals surface area contributed by atoms with E-state index in [-0.39, 0.29) is 24.0 Å². The van der Waals surface area contributed by atoms with Crippen LogP contribution in [0.3, 0.4) is 0 Å².